The molecule has 0 aliphatic rings. The van der Waals surface area contributed by atoms with Crippen LogP contribution < -0.4 is 5.32 Å². The number of carbonyl (C=O) groups excluding carboxylic acids is 1. The number of benzene rings is 2. The SMILES string of the molecule is O=C(Nc1ccccc1I)c1ccc(-c2ccc([N+](=O)[O-])cc2Cl)o1. The summed E-state index contributed by atoms with van der Waals surface area (Å²) in [4.78, 5) is 22.5. The Balaban J connectivity index is 1.84. The number of carbonyl (C=O) groups is 1. The Labute approximate surface area is 161 Å². The van der Waals surface area contributed by atoms with Crippen molar-refractivity contribution in [2.75, 3.05) is 5.32 Å². The average Bonchev–Trinajstić information content (AvgIpc) is 3.06. The van der Waals surface area contributed by atoms with Crippen LogP contribution in [0.3, 0.4) is 0 Å². The van der Waals surface area contributed by atoms with Gasteiger partial charge in [0.25, 0.3) is 11.6 Å². The van der Waals surface area contributed by atoms with Crippen molar-refractivity contribution in [3.8, 4) is 11.3 Å². The van der Waals surface area contributed by atoms with Crippen LogP contribution >= 0.6 is 34.2 Å². The summed E-state index contributed by atoms with van der Waals surface area (Å²) in [6, 6.07) is 14.5. The molecule has 25 heavy (non-hydrogen) atoms. The first-order chi connectivity index (χ1) is 12.0. The van der Waals surface area contributed by atoms with Gasteiger partial charge in [0.15, 0.2) is 5.76 Å². The highest BCUT2D eigenvalue weighted by molar-refractivity contribution is 14.1. The molecule has 1 aromatic heterocycles. The van der Waals surface area contributed by atoms with E-state index in [1.165, 1.54) is 24.3 Å². The van der Waals surface area contributed by atoms with E-state index >= 15 is 0 Å². The molecule has 0 spiro atoms. The van der Waals surface area contributed by atoms with Crippen LogP contribution in [0, 0.1) is 13.7 Å². The summed E-state index contributed by atoms with van der Waals surface area (Å²) in [6.45, 7) is 0. The fraction of sp³-hybridized carbons (Fsp3) is 0. The monoisotopic (exact) mass is 468 g/mol. The Kier molecular flexibility index (Phi) is 5.05. The number of halogens is 2. The lowest BCUT2D eigenvalue weighted by Gasteiger charge is -2.05. The van der Waals surface area contributed by atoms with Gasteiger partial charge in [-0.2, -0.15) is 0 Å². The fourth-order valence-electron chi connectivity index (χ4n) is 2.17. The molecule has 0 aliphatic carbocycles. The lowest BCUT2D eigenvalue weighted by Crippen LogP contribution is -2.11. The number of nitrogens with one attached hydrogen (secondary N) is 1. The number of furan rings is 1. The summed E-state index contributed by atoms with van der Waals surface area (Å²) in [5, 5.41) is 13.7. The van der Waals surface area contributed by atoms with E-state index in [1.807, 2.05) is 18.2 Å². The first kappa shape index (κ1) is 17.4. The number of para-hydroxylation sites is 1. The zero-order valence-corrected chi connectivity index (χ0v) is 15.4. The van der Waals surface area contributed by atoms with Crippen LogP contribution in [0.15, 0.2) is 59.0 Å². The number of nitro benzene ring substituents is 1. The second-order valence-corrected chi connectivity index (χ2v) is 6.59. The molecule has 1 N–H and O–H groups in total. The second kappa shape index (κ2) is 7.24. The Bertz CT molecular complexity index is 971. The van der Waals surface area contributed by atoms with Gasteiger partial charge < -0.3 is 9.73 Å². The zero-order chi connectivity index (χ0) is 18.0. The number of nitrogens with zero attached hydrogens (tertiary/aromatic N) is 1. The van der Waals surface area contributed by atoms with Gasteiger partial charge in [0.2, 0.25) is 0 Å². The molecule has 0 atom stereocenters. The molecular formula is C17H10ClIN2O4. The number of amides is 1. The summed E-state index contributed by atoms with van der Waals surface area (Å²) in [7, 11) is 0. The van der Waals surface area contributed by atoms with Gasteiger partial charge in [-0.1, -0.05) is 23.7 Å². The van der Waals surface area contributed by atoms with E-state index in [0.29, 0.717) is 17.0 Å². The number of anilines is 1. The molecule has 0 unspecified atom stereocenters. The van der Waals surface area contributed by atoms with Crippen molar-refractivity contribution < 1.29 is 14.1 Å². The molecule has 0 saturated heterocycles. The minimum absolute atomic E-state index is 0.114. The fourth-order valence-corrected chi connectivity index (χ4v) is 2.96. The molecule has 1 heterocycles. The van der Waals surface area contributed by atoms with Gasteiger partial charge in [-0.3, -0.25) is 14.9 Å². The molecule has 2 aromatic carbocycles. The third kappa shape index (κ3) is 3.83. The molecule has 8 heteroatoms. The van der Waals surface area contributed by atoms with Crippen molar-refractivity contribution >= 4 is 51.5 Å². The van der Waals surface area contributed by atoms with Crippen molar-refractivity contribution in [2.45, 2.75) is 0 Å². The quantitative estimate of drug-likeness (QED) is 0.317. The van der Waals surface area contributed by atoms with Gasteiger partial charge in [0.1, 0.15) is 5.76 Å². The number of nitro groups is 1. The third-order valence-electron chi connectivity index (χ3n) is 3.38. The highest BCUT2D eigenvalue weighted by Gasteiger charge is 2.17. The summed E-state index contributed by atoms with van der Waals surface area (Å²) in [6.07, 6.45) is 0. The van der Waals surface area contributed by atoms with E-state index in [-0.39, 0.29) is 16.5 Å². The highest BCUT2D eigenvalue weighted by atomic mass is 127. The number of non-ortho nitro benzene ring substituents is 1. The molecular weight excluding hydrogens is 459 g/mol. The highest BCUT2D eigenvalue weighted by Crippen LogP contribution is 2.32. The van der Waals surface area contributed by atoms with Gasteiger partial charge in [0.05, 0.1) is 15.6 Å². The molecule has 6 nitrogen and oxygen atoms in total. The van der Waals surface area contributed by atoms with Gasteiger partial charge >= 0.3 is 0 Å². The van der Waals surface area contributed by atoms with E-state index in [1.54, 1.807) is 12.1 Å². The van der Waals surface area contributed by atoms with Crippen LogP contribution in [0.5, 0.6) is 0 Å². The molecule has 0 saturated carbocycles. The van der Waals surface area contributed by atoms with E-state index in [0.717, 1.165) is 3.57 Å². The predicted octanol–water partition coefficient (Wildman–Crippen LogP) is 5.37. The first-order valence-electron chi connectivity index (χ1n) is 7.06. The maximum atomic E-state index is 12.3. The van der Waals surface area contributed by atoms with Crippen molar-refractivity contribution in [1.29, 1.82) is 0 Å². The zero-order valence-electron chi connectivity index (χ0n) is 12.5. The Morgan fingerprint density at radius 1 is 1.16 bits per heavy atom. The minimum Gasteiger partial charge on any atom is -0.451 e. The van der Waals surface area contributed by atoms with E-state index < -0.39 is 10.8 Å². The van der Waals surface area contributed by atoms with Crippen LogP contribution in [-0.4, -0.2) is 10.8 Å². The Morgan fingerprint density at radius 2 is 1.92 bits per heavy atom. The molecule has 3 rings (SSSR count). The molecule has 1 amide bonds. The first-order valence-corrected chi connectivity index (χ1v) is 8.51. The summed E-state index contributed by atoms with van der Waals surface area (Å²) in [5.74, 6) is 0.0743. The summed E-state index contributed by atoms with van der Waals surface area (Å²) >= 11 is 8.20. The van der Waals surface area contributed by atoms with E-state index in [4.69, 9.17) is 16.0 Å². The van der Waals surface area contributed by atoms with E-state index in [9.17, 15) is 14.9 Å². The largest absolute Gasteiger partial charge is 0.451 e. The van der Waals surface area contributed by atoms with Gasteiger partial charge in [-0.05, 0) is 52.9 Å². The predicted molar refractivity (Wildman–Crippen MR) is 103 cm³/mol. The van der Waals surface area contributed by atoms with Crippen molar-refractivity contribution in [3.63, 3.8) is 0 Å². The second-order valence-electron chi connectivity index (χ2n) is 5.02. The Morgan fingerprint density at radius 3 is 2.60 bits per heavy atom. The number of rotatable bonds is 4. The van der Waals surface area contributed by atoms with Crippen LogP contribution in [0.1, 0.15) is 10.6 Å². The Hall–Kier alpha value is -2.39. The van der Waals surface area contributed by atoms with Gasteiger partial charge in [-0.15, -0.1) is 0 Å². The normalized spacial score (nSPS) is 10.5. The maximum absolute atomic E-state index is 12.3. The van der Waals surface area contributed by atoms with Gasteiger partial charge in [-0.25, -0.2) is 0 Å². The van der Waals surface area contributed by atoms with Crippen LogP contribution in [0.25, 0.3) is 11.3 Å². The van der Waals surface area contributed by atoms with Crippen LogP contribution in [-0.2, 0) is 0 Å². The van der Waals surface area contributed by atoms with Crippen molar-refractivity contribution in [1.82, 2.24) is 0 Å². The van der Waals surface area contributed by atoms with E-state index in [2.05, 4.69) is 27.9 Å². The lowest BCUT2D eigenvalue weighted by molar-refractivity contribution is -0.384. The average molecular weight is 469 g/mol. The maximum Gasteiger partial charge on any atom is 0.291 e. The lowest BCUT2D eigenvalue weighted by atomic mass is 10.1. The molecule has 126 valence electrons. The number of hydrogen-bond donors (Lipinski definition) is 1. The van der Waals surface area contributed by atoms with Gasteiger partial charge in [0, 0.05) is 21.3 Å². The van der Waals surface area contributed by atoms with Crippen molar-refractivity contribution in [3.05, 3.63) is 79.1 Å². The molecule has 0 radical (unpaired) electrons. The molecule has 0 fully saturated rings. The summed E-state index contributed by atoms with van der Waals surface area (Å²) < 4.78 is 6.46. The topological polar surface area (TPSA) is 85.4 Å². The molecule has 0 aliphatic heterocycles. The smallest absolute Gasteiger partial charge is 0.291 e. The van der Waals surface area contributed by atoms with Crippen LogP contribution in [0.2, 0.25) is 5.02 Å². The number of hydrogen-bond acceptors (Lipinski definition) is 4. The summed E-state index contributed by atoms with van der Waals surface area (Å²) in [5.41, 5.74) is 1.04. The van der Waals surface area contributed by atoms with Crippen LogP contribution in [0.4, 0.5) is 11.4 Å². The standard InChI is InChI=1S/C17H10ClIN2O4/c18-12-9-10(21(23)24)5-6-11(12)15-7-8-16(25-15)17(22)20-14-4-2-1-3-13(14)19/h1-9H,(H,20,22). The molecule has 0 bridgehead atoms. The minimum atomic E-state index is -0.530. The van der Waals surface area contributed by atoms with Crippen molar-refractivity contribution in [2.24, 2.45) is 0 Å². The molecule has 3 aromatic rings. The third-order valence-corrected chi connectivity index (χ3v) is 4.63.